The fourth-order valence-corrected chi connectivity index (χ4v) is 3.76. The molecule has 0 spiro atoms. The molecule has 0 atom stereocenters. The van der Waals surface area contributed by atoms with Gasteiger partial charge in [0.05, 0.1) is 16.3 Å². The molecule has 0 N–H and O–H groups in total. The average Bonchev–Trinajstić information content (AvgIpc) is 3.32. The molecule has 2 aliphatic rings. The van der Waals surface area contributed by atoms with Crippen LogP contribution in [0.5, 0.6) is 0 Å². The molecule has 2 heterocycles. The van der Waals surface area contributed by atoms with E-state index in [1.807, 2.05) is 24.5 Å². The summed E-state index contributed by atoms with van der Waals surface area (Å²) in [4.78, 5) is 2.23. The third-order valence-electron chi connectivity index (χ3n) is 4.82. The van der Waals surface area contributed by atoms with Gasteiger partial charge in [-0.15, -0.1) is 10.2 Å². The Bertz CT molecular complexity index is 751. The van der Waals surface area contributed by atoms with E-state index in [1.165, 1.54) is 12.8 Å². The zero-order valence-electron chi connectivity index (χ0n) is 12.8. The van der Waals surface area contributed by atoms with Crippen LogP contribution in [-0.2, 0) is 0 Å². The van der Waals surface area contributed by atoms with E-state index < -0.39 is 0 Å². The molecule has 118 valence electrons. The van der Waals surface area contributed by atoms with Crippen molar-refractivity contribution in [3.05, 3.63) is 40.9 Å². The van der Waals surface area contributed by atoms with Gasteiger partial charge in [-0.25, -0.2) is 0 Å². The van der Waals surface area contributed by atoms with E-state index in [4.69, 9.17) is 11.6 Å². The Morgan fingerprint density at radius 2 is 1.96 bits per heavy atom. The van der Waals surface area contributed by atoms with Gasteiger partial charge in [0.2, 0.25) is 0 Å². The van der Waals surface area contributed by atoms with Crippen molar-refractivity contribution >= 4 is 17.3 Å². The van der Waals surface area contributed by atoms with Gasteiger partial charge in [0.15, 0.2) is 0 Å². The molecule has 1 saturated heterocycles. The van der Waals surface area contributed by atoms with E-state index in [1.54, 1.807) is 0 Å². The zero-order chi connectivity index (χ0) is 15.8. The molecule has 5 nitrogen and oxygen atoms in total. The quantitative estimate of drug-likeness (QED) is 0.865. The number of rotatable bonds is 3. The number of hydrogen-bond donors (Lipinski definition) is 0. The Labute approximate surface area is 140 Å². The zero-order valence-corrected chi connectivity index (χ0v) is 13.6. The Balaban J connectivity index is 1.51. The number of nitrogens with zero attached hydrogens (tertiary/aromatic N) is 5. The van der Waals surface area contributed by atoms with Crippen LogP contribution in [0.15, 0.2) is 24.5 Å². The minimum absolute atomic E-state index is 0.447. The summed E-state index contributed by atoms with van der Waals surface area (Å²) in [6.07, 6.45) is 6.40. The summed E-state index contributed by atoms with van der Waals surface area (Å²) in [5.41, 5.74) is 1.52. The van der Waals surface area contributed by atoms with Crippen molar-refractivity contribution in [2.75, 3.05) is 18.0 Å². The van der Waals surface area contributed by atoms with Gasteiger partial charge in [0, 0.05) is 25.0 Å². The number of hydrogen-bond acceptors (Lipinski definition) is 4. The molecule has 2 fully saturated rings. The Morgan fingerprint density at radius 1 is 1.17 bits per heavy atom. The second-order valence-corrected chi connectivity index (χ2v) is 6.74. The molecule has 6 heteroatoms. The van der Waals surface area contributed by atoms with Gasteiger partial charge in [-0.1, -0.05) is 17.7 Å². The van der Waals surface area contributed by atoms with Crippen LogP contribution in [-0.4, -0.2) is 27.9 Å². The van der Waals surface area contributed by atoms with Crippen molar-refractivity contribution in [1.82, 2.24) is 14.8 Å². The highest BCUT2D eigenvalue weighted by molar-refractivity contribution is 6.33. The molecule has 1 aliphatic heterocycles. The molecular weight excluding hydrogens is 310 g/mol. The topological polar surface area (TPSA) is 57.7 Å². The molecular formula is C17H18ClN5. The van der Waals surface area contributed by atoms with Crippen molar-refractivity contribution in [3.63, 3.8) is 0 Å². The summed E-state index contributed by atoms with van der Waals surface area (Å²) in [6, 6.07) is 8.38. The van der Waals surface area contributed by atoms with Crippen molar-refractivity contribution in [3.8, 4) is 6.07 Å². The van der Waals surface area contributed by atoms with Gasteiger partial charge in [-0.3, -0.25) is 0 Å². The number of aromatic nitrogens is 3. The van der Waals surface area contributed by atoms with Crippen LogP contribution in [0.4, 0.5) is 5.69 Å². The van der Waals surface area contributed by atoms with Crippen LogP contribution in [0.25, 0.3) is 0 Å². The highest BCUT2D eigenvalue weighted by Gasteiger charge is 2.31. The molecule has 0 bridgehead atoms. The Morgan fingerprint density at radius 3 is 2.65 bits per heavy atom. The molecule has 1 saturated carbocycles. The van der Waals surface area contributed by atoms with Crippen LogP contribution in [0, 0.1) is 11.3 Å². The van der Waals surface area contributed by atoms with E-state index in [0.29, 0.717) is 22.5 Å². The Hall–Kier alpha value is -2.06. The predicted octanol–water partition coefficient (Wildman–Crippen LogP) is 3.52. The van der Waals surface area contributed by atoms with E-state index in [2.05, 4.69) is 25.7 Å². The first kappa shape index (κ1) is 14.5. The minimum Gasteiger partial charge on any atom is -0.369 e. The standard InChI is InChI=1S/C17H18ClN5/c18-15-3-1-2-13(10-19)16(15)22-8-6-12(7-9-22)17-21-20-11-23(17)14-4-5-14/h1-3,11-12,14H,4-9H2. The number of benzene rings is 1. The van der Waals surface area contributed by atoms with E-state index in [-0.39, 0.29) is 0 Å². The first-order valence-corrected chi connectivity index (χ1v) is 8.48. The number of piperidine rings is 1. The lowest BCUT2D eigenvalue weighted by atomic mass is 9.95. The van der Waals surface area contributed by atoms with Crippen LogP contribution in [0.2, 0.25) is 5.02 Å². The number of para-hydroxylation sites is 1. The summed E-state index contributed by atoms with van der Waals surface area (Å²) in [6.45, 7) is 1.78. The third-order valence-corrected chi connectivity index (χ3v) is 5.13. The number of halogens is 1. The minimum atomic E-state index is 0.447. The smallest absolute Gasteiger partial charge is 0.136 e. The van der Waals surface area contributed by atoms with Gasteiger partial charge >= 0.3 is 0 Å². The highest BCUT2D eigenvalue weighted by Crippen LogP contribution is 2.39. The highest BCUT2D eigenvalue weighted by atomic mass is 35.5. The molecule has 1 aromatic carbocycles. The lowest BCUT2D eigenvalue weighted by molar-refractivity contribution is 0.465. The summed E-state index contributed by atoms with van der Waals surface area (Å²) in [7, 11) is 0. The van der Waals surface area contributed by atoms with Gasteiger partial charge in [-0.2, -0.15) is 5.26 Å². The SMILES string of the molecule is N#Cc1cccc(Cl)c1N1CCC(c2nncn2C2CC2)CC1. The molecule has 1 aliphatic carbocycles. The number of nitriles is 1. The molecule has 2 aromatic rings. The lowest BCUT2D eigenvalue weighted by Crippen LogP contribution is -2.34. The van der Waals surface area contributed by atoms with E-state index in [0.717, 1.165) is 37.4 Å². The second kappa shape index (κ2) is 5.86. The maximum atomic E-state index is 9.32. The van der Waals surface area contributed by atoms with Gasteiger partial charge in [-0.05, 0) is 37.8 Å². The molecule has 0 unspecified atom stereocenters. The van der Waals surface area contributed by atoms with Crippen LogP contribution >= 0.6 is 11.6 Å². The number of anilines is 1. The van der Waals surface area contributed by atoms with E-state index >= 15 is 0 Å². The van der Waals surface area contributed by atoms with Crippen molar-refractivity contribution in [1.29, 1.82) is 5.26 Å². The fraction of sp³-hybridized carbons (Fsp3) is 0.471. The monoisotopic (exact) mass is 327 g/mol. The van der Waals surface area contributed by atoms with E-state index in [9.17, 15) is 5.26 Å². The van der Waals surface area contributed by atoms with Gasteiger partial charge in [0.1, 0.15) is 18.2 Å². The lowest BCUT2D eigenvalue weighted by Gasteiger charge is -2.34. The summed E-state index contributed by atoms with van der Waals surface area (Å²) < 4.78 is 2.26. The first-order chi connectivity index (χ1) is 11.3. The maximum absolute atomic E-state index is 9.32. The van der Waals surface area contributed by atoms with Crippen molar-refractivity contribution < 1.29 is 0 Å². The molecule has 23 heavy (non-hydrogen) atoms. The molecule has 0 amide bonds. The van der Waals surface area contributed by atoms with Gasteiger partial charge in [0.25, 0.3) is 0 Å². The fourth-order valence-electron chi connectivity index (χ4n) is 3.47. The van der Waals surface area contributed by atoms with Crippen LogP contribution < -0.4 is 4.90 Å². The van der Waals surface area contributed by atoms with Gasteiger partial charge < -0.3 is 9.47 Å². The third kappa shape index (κ3) is 2.68. The largest absolute Gasteiger partial charge is 0.369 e. The van der Waals surface area contributed by atoms with Crippen molar-refractivity contribution in [2.24, 2.45) is 0 Å². The molecule has 0 radical (unpaired) electrons. The second-order valence-electron chi connectivity index (χ2n) is 6.34. The van der Waals surface area contributed by atoms with Crippen LogP contribution in [0.1, 0.15) is 49.0 Å². The molecule has 4 rings (SSSR count). The van der Waals surface area contributed by atoms with Crippen LogP contribution in [0.3, 0.4) is 0 Å². The average molecular weight is 328 g/mol. The maximum Gasteiger partial charge on any atom is 0.136 e. The normalized spacial score (nSPS) is 18.9. The predicted molar refractivity (Wildman–Crippen MR) is 88.6 cm³/mol. The Kier molecular flexibility index (Phi) is 3.70. The van der Waals surface area contributed by atoms with Crippen molar-refractivity contribution in [2.45, 2.75) is 37.6 Å². The first-order valence-electron chi connectivity index (χ1n) is 8.11. The molecule has 1 aromatic heterocycles. The summed E-state index contributed by atoms with van der Waals surface area (Å²) in [5, 5.41) is 18.5. The summed E-state index contributed by atoms with van der Waals surface area (Å²) >= 11 is 6.33. The summed E-state index contributed by atoms with van der Waals surface area (Å²) in [5.74, 6) is 1.58.